The Bertz CT molecular complexity index is 1010. The van der Waals surface area contributed by atoms with Crippen molar-refractivity contribution in [3.8, 4) is 0 Å². The number of aromatic nitrogens is 2. The number of hydrogen-bond donors (Lipinski definition) is 0. The van der Waals surface area contributed by atoms with Gasteiger partial charge >= 0.3 is 0 Å². The zero-order valence-corrected chi connectivity index (χ0v) is 19.7. The predicted molar refractivity (Wildman–Crippen MR) is 119 cm³/mol. The van der Waals surface area contributed by atoms with Crippen molar-refractivity contribution in [2.75, 3.05) is 13.2 Å². The molecule has 0 spiro atoms. The first-order valence-electron chi connectivity index (χ1n) is 10.9. The fraction of sp³-hybridized carbons (Fsp3) is 0.565. The monoisotopic (exact) mass is 447 g/mol. The van der Waals surface area contributed by atoms with E-state index in [0.717, 1.165) is 36.3 Å². The first kappa shape index (κ1) is 23.5. The van der Waals surface area contributed by atoms with E-state index in [2.05, 4.69) is 4.98 Å². The van der Waals surface area contributed by atoms with Crippen LogP contribution in [0.1, 0.15) is 50.4 Å². The van der Waals surface area contributed by atoms with Crippen LogP contribution in [0.3, 0.4) is 0 Å². The van der Waals surface area contributed by atoms with E-state index in [-0.39, 0.29) is 28.8 Å². The summed E-state index contributed by atoms with van der Waals surface area (Å²) in [6.07, 6.45) is 3.57. The van der Waals surface area contributed by atoms with Crippen LogP contribution in [-0.4, -0.2) is 48.0 Å². The number of imidazole rings is 1. The first-order chi connectivity index (χ1) is 14.7. The molecule has 2 heterocycles. The third-order valence-electron chi connectivity index (χ3n) is 5.58. The number of nitrogens with zero attached hydrogens (tertiary/aromatic N) is 3. The lowest BCUT2D eigenvalue weighted by atomic mass is 10.1. The zero-order chi connectivity index (χ0) is 22.6. The van der Waals surface area contributed by atoms with Gasteiger partial charge in [0.05, 0.1) is 30.3 Å². The third-order valence-corrected chi connectivity index (χ3v) is 7.15. The predicted octanol–water partition coefficient (Wildman–Crippen LogP) is 3.35. The standard InChI is InChI=1S/C23H33N3O4S/c1-17(2)13-26-21(14-25(19(4)27)15-22-10-7-11-30-22)12-24-23(26)31(28,29)16-20-9-6-5-8-18(20)3/h5-6,8-9,12,17,22H,7,10-11,13-16H2,1-4H3. The SMILES string of the molecule is CC(=O)N(Cc1cnc(S(=O)(=O)Cc2ccccc2C)n1CC(C)C)CC1CCCO1. The average molecular weight is 448 g/mol. The van der Waals surface area contributed by atoms with E-state index in [0.29, 0.717) is 19.6 Å². The van der Waals surface area contributed by atoms with Gasteiger partial charge in [-0.05, 0) is 36.8 Å². The summed E-state index contributed by atoms with van der Waals surface area (Å²) in [5, 5.41) is 0.0695. The smallest absolute Gasteiger partial charge is 0.228 e. The molecule has 1 aliphatic rings. The number of sulfone groups is 1. The van der Waals surface area contributed by atoms with Crippen molar-refractivity contribution in [3.05, 3.63) is 47.3 Å². The van der Waals surface area contributed by atoms with Gasteiger partial charge in [-0.1, -0.05) is 38.1 Å². The minimum absolute atomic E-state index is 0.0367. The number of benzene rings is 1. The highest BCUT2D eigenvalue weighted by atomic mass is 32.2. The van der Waals surface area contributed by atoms with Crippen LogP contribution < -0.4 is 0 Å². The Morgan fingerprint density at radius 1 is 1.32 bits per heavy atom. The van der Waals surface area contributed by atoms with E-state index in [1.165, 1.54) is 6.92 Å². The molecule has 1 fully saturated rings. The van der Waals surface area contributed by atoms with Crippen LogP contribution in [0, 0.1) is 12.8 Å². The van der Waals surface area contributed by atoms with Gasteiger partial charge < -0.3 is 14.2 Å². The van der Waals surface area contributed by atoms with Crippen LogP contribution in [0.15, 0.2) is 35.6 Å². The summed E-state index contributed by atoms with van der Waals surface area (Å²) in [4.78, 5) is 18.3. The van der Waals surface area contributed by atoms with Gasteiger partial charge in [0.1, 0.15) is 0 Å². The van der Waals surface area contributed by atoms with E-state index in [4.69, 9.17) is 4.74 Å². The molecule has 31 heavy (non-hydrogen) atoms. The van der Waals surface area contributed by atoms with Crippen molar-refractivity contribution in [1.82, 2.24) is 14.5 Å². The molecule has 2 aromatic rings. The summed E-state index contributed by atoms with van der Waals surface area (Å²) in [5.74, 6) is 0.0713. The van der Waals surface area contributed by atoms with Gasteiger partial charge in [-0.2, -0.15) is 0 Å². The number of hydrogen-bond acceptors (Lipinski definition) is 5. The van der Waals surface area contributed by atoms with Gasteiger partial charge in [0.15, 0.2) is 0 Å². The van der Waals surface area contributed by atoms with Crippen LogP contribution >= 0.6 is 0 Å². The number of rotatable bonds is 9. The molecule has 1 atom stereocenters. The molecular formula is C23H33N3O4S. The highest BCUT2D eigenvalue weighted by molar-refractivity contribution is 7.90. The van der Waals surface area contributed by atoms with Crippen molar-refractivity contribution in [1.29, 1.82) is 0 Å². The molecule has 0 saturated carbocycles. The number of amides is 1. The van der Waals surface area contributed by atoms with Crippen molar-refractivity contribution in [2.45, 2.75) is 70.6 Å². The van der Waals surface area contributed by atoms with Crippen LogP contribution in [0.25, 0.3) is 0 Å². The normalized spacial score (nSPS) is 16.7. The van der Waals surface area contributed by atoms with Crippen molar-refractivity contribution < 1.29 is 17.9 Å². The molecular weight excluding hydrogens is 414 g/mol. The van der Waals surface area contributed by atoms with Crippen LogP contribution in [0.5, 0.6) is 0 Å². The minimum atomic E-state index is -3.65. The second-order valence-corrected chi connectivity index (χ2v) is 10.6. The fourth-order valence-electron chi connectivity index (χ4n) is 3.90. The van der Waals surface area contributed by atoms with E-state index < -0.39 is 9.84 Å². The second kappa shape index (κ2) is 9.96. The Morgan fingerprint density at radius 3 is 2.68 bits per heavy atom. The van der Waals surface area contributed by atoms with Crippen LogP contribution in [0.4, 0.5) is 0 Å². The topological polar surface area (TPSA) is 81.5 Å². The molecule has 1 aromatic heterocycles. The summed E-state index contributed by atoms with van der Waals surface area (Å²) in [6.45, 7) is 9.59. The lowest BCUT2D eigenvalue weighted by Gasteiger charge is -2.25. The molecule has 1 unspecified atom stereocenters. The quantitative estimate of drug-likeness (QED) is 0.589. The molecule has 7 nitrogen and oxygen atoms in total. The van der Waals surface area contributed by atoms with E-state index in [1.807, 2.05) is 45.0 Å². The number of carbonyl (C=O) groups is 1. The molecule has 0 radical (unpaired) electrons. The molecule has 0 bridgehead atoms. The van der Waals surface area contributed by atoms with Gasteiger partial charge in [0, 0.05) is 26.6 Å². The molecule has 0 aliphatic carbocycles. The van der Waals surface area contributed by atoms with Gasteiger partial charge in [-0.15, -0.1) is 0 Å². The number of aryl methyl sites for hydroxylation is 1. The molecule has 0 N–H and O–H groups in total. The lowest BCUT2D eigenvalue weighted by molar-refractivity contribution is -0.131. The first-order valence-corrected chi connectivity index (χ1v) is 12.5. The zero-order valence-electron chi connectivity index (χ0n) is 18.9. The van der Waals surface area contributed by atoms with Crippen molar-refractivity contribution in [2.24, 2.45) is 5.92 Å². The van der Waals surface area contributed by atoms with E-state index in [9.17, 15) is 13.2 Å². The molecule has 1 saturated heterocycles. The summed E-state index contributed by atoms with van der Waals surface area (Å²) < 4.78 is 34.0. The Morgan fingerprint density at radius 2 is 2.06 bits per heavy atom. The van der Waals surface area contributed by atoms with Gasteiger partial charge in [-0.3, -0.25) is 4.79 Å². The highest BCUT2D eigenvalue weighted by Crippen LogP contribution is 2.22. The Labute approximate surface area is 185 Å². The van der Waals surface area contributed by atoms with Crippen LogP contribution in [-0.2, 0) is 38.2 Å². The minimum Gasteiger partial charge on any atom is -0.376 e. The highest BCUT2D eigenvalue weighted by Gasteiger charge is 2.27. The Kier molecular flexibility index (Phi) is 7.54. The number of ether oxygens (including phenoxy) is 1. The summed E-state index contributed by atoms with van der Waals surface area (Å²) in [7, 11) is -3.65. The summed E-state index contributed by atoms with van der Waals surface area (Å²) >= 11 is 0. The van der Waals surface area contributed by atoms with Gasteiger partial charge in [-0.25, -0.2) is 13.4 Å². The molecule has 1 amide bonds. The molecule has 8 heteroatoms. The summed E-state index contributed by atoms with van der Waals surface area (Å²) in [6, 6.07) is 7.49. The molecule has 1 aromatic carbocycles. The van der Waals surface area contributed by atoms with Gasteiger partial charge in [0.2, 0.25) is 20.9 Å². The third kappa shape index (κ3) is 5.95. The maximum absolute atomic E-state index is 13.3. The van der Waals surface area contributed by atoms with E-state index >= 15 is 0 Å². The lowest BCUT2D eigenvalue weighted by Crippen LogP contribution is -2.36. The Balaban J connectivity index is 1.89. The summed E-state index contributed by atoms with van der Waals surface area (Å²) in [5.41, 5.74) is 2.43. The number of carbonyl (C=O) groups excluding carboxylic acids is 1. The van der Waals surface area contributed by atoms with Gasteiger partial charge in [0.25, 0.3) is 0 Å². The van der Waals surface area contributed by atoms with Crippen molar-refractivity contribution in [3.63, 3.8) is 0 Å². The Hall–Kier alpha value is -2.19. The van der Waals surface area contributed by atoms with Crippen molar-refractivity contribution >= 4 is 15.7 Å². The second-order valence-electron chi connectivity index (χ2n) is 8.76. The maximum Gasteiger partial charge on any atom is 0.228 e. The fourth-order valence-corrected chi connectivity index (χ4v) is 5.51. The maximum atomic E-state index is 13.3. The molecule has 3 rings (SSSR count). The van der Waals surface area contributed by atoms with E-state index in [1.54, 1.807) is 15.7 Å². The average Bonchev–Trinajstić information content (AvgIpc) is 3.33. The molecule has 170 valence electrons. The molecule has 1 aliphatic heterocycles. The largest absolute Gasteiger partial charge is 0.376 e. The van der Waals surface area contributed by atoms with Crippen LogP contribution in [0.2, 0.25) is 0 Å².